The van der Waals surface area contributed by atoms with E-state index < -0.39 is 16.2 Å². The number of halogens is 3. The largest absolute Gasteiger partial charge is 0.470 e. The van der Waals surface area contributed by atoms with Gasteiger partial charge in [0.1, 0.15) is 12.0 Å². The Hall–Kier alpha value is -0.710. The fourth-order valence-corrected chi connectivity index (χ4v) is 2.63. The summed E-state index contributed by atoms with van der Waals surface area (Å²) < 4.78 is 4.15. The first-order valence-corrected chi connectivity index (χ1v) is 8.56. The maximum Gasteiger partial charge on any atom is 0.240 e. The maximum atomic E-state index is 10.1. The number of alkyl halides is 3. The van der Waals surface area contributed by atoms with Crippen LogP contribution in [-0.4, -0.2) is 21.4 Å². The molecule has 0 heterocycles. The van der Waals surface area contributed by atoms with E-state index >= 15 is 0 Å². The molecule has 0 aliphatic rings. The summed E-state index contributed by atoms with van der Waals surface area (Å²) in [5.41, 5.74) is 0. The zero-order chi connectivity index (χ0) is 17.0. The number of benzene rings is 2. The van der Waals surface area contributed by atoms with E-state index in [-0.39, 0.29) is 0 Å². The zero-order valence-corrected chi connectivity index (χ0v) is 15.2. The van der Waals surface area contributed by atoms with Crippen molar-refractivity contribution in [2.24, 2.45) is 5.92 Å². The number of hydrogen-bond acceptors (Lipinski definition) is 3. The first-order chi connectivity index (χ1) is 10.8. The number of aliphatic hydroxyl groups excluding tert-OH is 1. The molecule has 0 aliphatic heterocycles. The summed E-state index contributed by atoms with van der Waals surface area (Å²) in [5.74, 6) is 0.884. The molecule has 2 rings (SSSR count). The third-order valence-corrected chi connectivity index (χ3v) is 3.92. The lowest BCUT2D eigenvalue weighted by Crippen LogP contribution is -2.50. The van der Waals surface area contributed by atoms with E-state index in [1.165, 1.54) is 0 Å². The molecule has 3 nitrogen and oxygen atoms in total. The molecule has 23 heavy (non-hydrogen) atoms. The summed E-state index contributed by atoms with van der Waals surface area (Å²) in [7, 11) is 0. The predicted octanol–water partition coefficient (Wildman–Crippen LogP) is 4.87. The molecule has 2 aromatic rings. The minimum atomic E-state index is -1.73. The summed E-state index contributed by atoms with van der Waals surface area (Å²) in [4.78, 5) is 0. The highest BCUT2D eigenvalue weighted by molar-refractivity contribution is 6.68. The van der Waals surface area contributed by atoms with Crippen LogP contribution in [-0.2, 0) is 0 Å². The van der Waals surface area contributed by atoms with Gasteiger partial charge in [-0.3, -0.25) is 5.32 Å². The average molecular weight is 377 g/mol. The molecule has 0 aromatic heterocycles. The Morgan fingerprint density at radius 1 is 1.09 bits per heavy atom. The molecule has 0 bridgehead atoms. The molecule has 0 amide bonds. The Morgan fingerprint density at radius 2 is 1.74 bits per heavy atom. The van der Waals surface area contributed by atoms with Crippen LogP contribution in [0.15, 0.2) is 42.5 Å². The SMILES string of the molecule is CC(C)C[C@@H](O)N[C@H](Oc1cccc2ccccc12)C(Cl)(Cl)Cl. The molecule has 0 spiro atoms. The number of ether oxygens (including phenoxy) is 1. The van der Waals surface area contributed by atoms with Crippen molar-refractivity contribution in [2.75, 3.05) is 0 Å². The van der Waals surface area contributed by atoms with Gasteiger partial charge in [-0.15, -0.1) is 0 Å². The first-order valence-electron chi connectivity index (χ1n) is 7.42. The summed E-state index contributed by atoms with van der Waals surface area (Å²) in [5, 5.41) is 14.9. The van der Waals surface area contributed by atoms with Crippen LogP contribution in [0.25, 0.3) is 10.8 Å². The van der Waals surface area contributed by atoms with E-state index in [4.69, 9.17) is 39.5 Å². The van der Waals surface area contributed by atoms with Gasteiger partial charge < -0.3 is 9.84 Å². The number of rotatable bonds is 6. The van der Waals surface area contributed by atoms with Crippen LogP contribution in [0.5, 0.6) is 5.75 Å². The fourth-order valence-electron chi connectivity index (χ4n) is 2.31. The van der Waals surface area contributed by atoms with Crippen LogP contribution in [0.2, 0.25) is 0 Å². The van der Waals surface area contributed by atoms with Crippen molar-refractivity contribution in [3.8, 4) is 5.75 Å². The lowest BCUT2D eigenvalue weighted by atomic mass is 10.1. The van der Waals surface area contributed by atoms with Crippen molar-refractivity contribution in [3.63, 3.8) is 0 Å². The fraction of sp³-hybridized carbons (Fsp3) is 0.412. The van der Waals surface area contributed by atoms with Crippen LogP contribution in [0.4, 0.5) is 0 Å². The van der Waals surface area contributed by atoms with Gasteiger partial charge in [-0.1, -0.05) is 85.0 Å². The van der Waals surface area contributed by atoms with Crippen LogP contribution in [0, 0.1) is 5.92 Å². The second-order valence-corrected chi connectivity index (χ2v) is 8.20. The van der Waals surface area contributed by atoms with Gasteiger partial charge in [-0.25, -0.2) is 0 Å². The molecule has 0 aliphatic carbocycles. The average Bonchev–Trinajstić information content (AvgIpc) is 2.45. The van der Waals surface area contributed by atoms with Gasteiger partial charge in [0.2, 0.25) is 3.79 Å². The molecule has 126 valence electrons. The van der Waals surface area contributed by atoms with Gasteiger partial charge in [0.15, 0.2) is 6.23 Å². The highest BCUT2D eigenvalue weighted by atomic mass is 35.6. The Kier molecular flexibility index (Phi) is 6.40. The van der Waals surface area contributed by atoms with Crippen molar-refractivity contribution < 1.29 is 9.84 Å². The number of fused-ring (bicyclic) bond motifs is 1. The monoisotopic (exact) mass is 375 g/mol. The third-order valence-electron chi connectivity index (χ3n) is 3.33. The highest BCUT2D eigenvalue weighted by Crippen LogP contribution is 2.34. The maximum absolute atomic E-state index is 10.1. The Bertz CT molecular complexity index is 638. The molecular formula is C17H20Cl3NO2. The van der Waals surface area contributed by atoms with Gasteiger partial charge in [0.25, 0.3) is 0 Å². The van der Waals surface area contributed by atoms with Gasteiger partial charge in [0.05, 0.1) is 0 Å². The molecule has 0 radical (unpaired) electrons. The van der Waals surface area contributed by atoms with Crippen LogP contribution < -0.4 is 10.1 Å². The molecule has 0 saturated heterocycles. The van der Waals surface area contributed by atoms with E-state index in [0.717, 1.165) is 10.8 Å². The molecule has 2 aromatic carbocycles. The van der Waals surface area contributed by atoms with E-state index in [1.54, 1.807) is 0 Å². The van der Waals surface area contributed by atoms with Crippen molar-refractivity contribution in [1.82, 2.24) is 5.32 Å². The second-order valence-electron chi connectivity index (χ2n) is 5.83. The topological polar surface area (TPSA) is 41.5 Å². The van der Waals surface area contributed by atoms with Gasteiger partial charge in [-0.05, 0) is 23.8 Å². The lowest BCUT2D eigenvalue weighted by Gasteiger charge is -2.29. The Balaban J connectivity index is 2.23. The second kappa shape index (κ2) is 7.91. The van der Waals surface area contributed by atoms with Crippen molar-refractivity contribution in [2.45, 2.75) is 36.5 Å². The molecule has 2 N–H and O–H groups in total. The number of nitrogens with one attached hydrogen (secondary N) is 1. The van der Waals surface area contributed by atoms with Gasteiger partial charge in [-0.2, -0.15) is 0 Å². The standard InChI is InChI=1S/C17H20Cl3NO2/c1-11(2)10-15(22)21-16(17(18,19)20)23-14-9-5-7-12-6-3-4-8-13(12)14/h3-9,11,15-16,21-22H,10H2,1-2H3/t15-,16-/m1/s1. The molecule has 0 unspecified atom stereocenters. The van der Waals surface area contributed by atoms with E-state index in [2.05, 4.69) is 5.32 Å². The predicted molar refractivity (Wildman–Crippen MR) is 97.3 cm³/mol. The van der Waals surface area contributed by atoms with Crippen molar-refractivity contribution >= 4 is 45.6 Å². The summed E-state index contributed by atoms with van der Waals surface area (Å²) in [6, 6.07) is 13.4. The minimum absolute atomic E-state index is 0.297. The van der Waals surface area contributed by atoms with E-state index in [9.17, 15) is 5.11 Å². The third kappa shape index (κ3) is 5.40. The molecule has 0 fully saturated rings. The lowest BCUT2D eigenvalue weighted by molar-refractivity contribution is 0.0458. The van der Waals surface area contributed by atoms with Crippen LogP contribution in [0.1, 0.15) is 20.3 Å². The quantitative estimate of drug-likeness (QED) is 0.558. The van der Waals surface area contributed by atoms with E-state index in [0.29, 0.717) is 18.1 Å². The zero-order valence-electron chi connectivity index (χ0n) is 13.0. The number of hydrogen-bond donors (Lipinski definition) is 2. The van der Waals surface area contributed by atoms with Crippen LogP contribution in [0.3, 0.4) is 0 Å². The Morgan fingerprint density at radius 3 is 2.39 bits per heavy atom. The van der Waals surface area contributed by atoms with Crippen LogP contribution >= 0.6 is 34.8 Å². The van der Waals surface area contributed by atoms with Crippen molar-refractivity contribution in [3.05, 3.63) is 42.5 Å². The molecule has 6 heteroatoms. The number of aliphatic hydroxyl groups is 1. The molecular weight excluding hydrogens is 357 g/mol. The normalized spacial score (nSPS) is 14.9. The summed E-state index contributed by atoms with van der Waals surface area (Å²) >= 11 is 18.0. The molecule has 0 saturated carbocycles. The smallest absolute Gasteiger partial charge is 0.240 e. The summed E-state index contributed by atoms with van der Waals surface area (Å²) in [6.07, 6.45) is -1.28. The first kappa shape index (κ1) is 18.6. The van der Waals surface area contributed by atoms with E-state index in [1.807, 2.05) is 56.3 Å². The van der Waals surface area contributed by atoms with Gasteiger partial charge in [0, 0.05) is 5.39 Å². The highest BCUT2D eigenvalue weighted by Gasteiger charge is 2.36. The Labute approximate surface area is 151 Å². The van der Waals surface area contributed by atoms with Crippen molar-refractivity contribution in [1.29, 1.82) is 0 Å². The summed E-state index contributed by atoms with van der Waals surface area (Å²) in [6.45, 7) is 4.00. The van der Waals surface area contributed by atoms with Gasteiger partial charge >= 0.3 is 0 Å². The molecule has 2 atom stereocenters. The minimum Gasteiger partial charge on any atom is -0.470 e.